The molecule has 0 fully saturated rings. The number of aromatic nitrogens is 1. The van der Waals surface area contributed by atoms with E-state index < -0.39 is 0 Å². The van der Waals surface area contributed by atoms with Gasteiger partial charge in [-0.3, -0.25) is 0 Å². The molecule has 0 atom stereocenters. The van der Waals surface area contributed by atoms with Crippen LogP contribution in [-0.4, -0.2) is 10.2 Å². The van der Waals surface area contributed by atoms with E-state index in [0.717, 1.165) is 5.52 Å². The molecule has 2 aromatic rings. The SMILES string of the molecule is Cc1cc2c(ccc[n+]2C(C)C)c(O)c1O. The molecule has 0 radical (unpaired) electrons. The topological polar surface area (TPSA) is 44.3 Å². The lowest BCUT2D eigenvalue weighted by Gasteiger charge is -2.08. The van der Waals surface area contributed by atoms with Crippen LogP contribution in [0, 0.1) is 6.92 Å². The first-order valence-electron chi connectivity index (χ1n) is 5.37. The third-order valence-corrected chi connectivity index (χ3v) is 2.83. The van der Waals surface area contributed by atoms with Crippen molar-refractivity contribution in [3.8, 4) is 11.5 Å². The van der Waals surface area contributed by atoms with Gasteiger partial charge in [0.15, 0.2) is 23.7 Å². The summed E-state index contributed by atoms with van der Waals surface area (Å²) in [7, 11) is 0. The van der Waals surface area contributed by atoms with Crippen molar-refractivity contribution >= 4 is 10.9 Å². The van der Waals surface area contributed by atoms with Gasteiger partial charge in [-0.05, 0) is 26.8 Å². The van der Waals surface area contributed by atoms with Gasteiger partial charge >= 0.3 is 0 Å². The van der Waals surface area contributed by atoms with Gasteiger partial charge in [0, 0.05) is 17.7 Å². The lowest BCUT2D eigenvalue weighted by molar-refractivity contribution is -0.691. The van der Waals surface area contributed by atoms with E-state index >= 15 is 0 Å². The molecule has 0 amide bonds. The molecule has 16 heavy (non-hydrogen) atoms. The average Bonchev–Trinajstić information content (AvgIpc) is 2.25. The van der Waals surface area contributed by atoms with E-state index in [1.165, 1.54) is 0 Å². The number of aromatic hydroxyl groups is 2. The maximum Gasteiger partial charge on any atom is 0.217 e. The highest BCUT2D eigenvalue weighted by molar-refractivity contribution is 5.86. The summed E-state index contributed by atoms with van der Waals surface area (Å²) in [6, 6.07) is 5.89. The first-order chi connectivity index (χ1) is 7.52. The van der Waals surface area contributed by atoms with E-state index in [1.54, 1.807) is 6.92 Å². The second-order valence-electron chi connectivity index (χ2n) is 4.33. The fraction of sp³-hybridized carbons (Fsp3) is 0.308. The van der Waals surface area contributed by atoms with Crippen LogP contribution in [0.5, 0.6) is 11.5 Å². The number of phenolic OH excluding ortho intramolecular Hbond substituents is 2. The monoisotopic (exact) mass is 218 g/mol. The number of phenols is 2. The van der Waals surface area contributed by atoms with E-state index in [2.05, 4.69) is 18.4 Å². The second kappa shape index (κ2) is 3.67. The molecule has 0 aliphatic heterocycles. The molecule has 0 bridgehead atoms. The number of rotatable bonds is 1. The van der Waals surface area contributed by atoms with E-state index in [1.807, 2.05) is 24.4 Å². The summed E-state index contributed by atoms with van der Waals surface area (Å²) in [5, 5.41) is 20.2. The highest BCUT2D eigenvalue weighted by Crippen LogP contribution is 2.35. The van der Waals surface area contributed by atoms with Crippen LogP contribution in [0.3, 0.4) is 0 Å². The van der Waals surface area contributed by atoms with Crippen LogP contribution < -0.4 is 4.57 Å². The van der Waals surface area contributed by atoms with Crippen molar-refractivity contribution in [2.45, 2.75) is 26.8 Å². The largest absolute Gasteiger partial charge is 0.504 e. The predicted octanol–water partition coefficient (Wildman–Crippen LogP) is 2.43. The minimum absolute atomic E-state index is 0.0333. The van der Waals surface area contributed by atoms with Gasteiger partial charge in [-0.2, -0.15) is 4.57 Å². The first-order valence-corrected chi connectivity index (χ1v) is 5.37. The number of hydrogen-bond acceptors (Lipinski definition) is 2. The van der Waals surface area contributed by atoms with Crippen molar-refractivity contribution < 1.29 is 14.8 Å². The van der Waals surface area contributed by atoms with E-state index in [0.29, 0.717) is 17.0 Å². The molecule has 1 aromatic heterocycles. The third kappa shape index (κ3) is 1.48. The Bertz CT molecular complexity index is 547. The molecule has 0 aliphatic carbocycles. The van der Waals surface area contributed by atoms with E-state index in [9.17, 15) is 10.2 Å². The van der Waals surface area contributed by atoms with Crippen LogP contribution in [0.2, 0.25) is 0 Å². The van der Waals surface area contributed by atoms with Crippen LogP contribution in [0.1, 0.15) is 25.5 Å². The number of nitrogens with zero attached hydrogens (tertiary/aromatic N) is 1. The van der Waals surface area contributed by atoms with Crippen LogP contribution >= 0.6 is 0 Å². The van der Waals surface area contributed by atoms with Gasteiger partial charge in [-0.25, -0.2) is 0 Å². The summed E-state index contributed by atoms with van der Waals surface area (Å²) in [6.07, 6.45) is 1.98. The summed E-state index contributed by atoms with van der Waals surface area (Å²) in [4.78, 5) is 0. The quantitative estimate of drug-likeness (QED) is 0.570. The highest BCUT2D eigenvalue weighted by Gasteiger charge is 2.18. The normalized spacial score (nSPS) is 11.2. The van der Waals surface area contributed by atoms with Gasteiger partial charge in [0.05, 0.1) is 5.39 Å². The molecule has 1 heterocycles. The Kier molecular flexibility index (Phi) is 2.46. The van der Waals surface area contributed by atoms with Gasteiger partial charge in [-0.15, -0.1) is 0 Å². The lowest BCUT2D eigenvalue weighted by atomic mass is 10.1. The third-order valence-electron chi connectivity index (χ3n) is 2.83. The summed E-state index contributed by atoms with van der Waals surface area (Å²) in [6.45, 7) is 5.95. The summed E-state index contributed by atoms with van der Waals surface area (Å²) < 4.78 is 2.07. The molecule has 0 saturated carbocycles. The molecule has 0 aliphatic rings. The summed E-state index contributed by atoms with van der Waals surface area (Å²) in [5.74, 6) is -0.0704. The molecular formula is C13H16NO2+. The smallest absolute Gasteiger partial charge is 0.217 e. The molecule has 3 heteroatoms. The zero-order valence-electron chi connectivity index (χ0n) is 9.73. The Labute approximate surface area is 94.6 Å². The van der Waals surface area contributed by atoms with Gasteiger partial charge < -0.3 is 10.2 Å². The molecule has 0 spiro atoms. The van der Waals surface area contributed by atoms with E-state index in [-0.39, 0.29) is 11.5 Å². The fourth-order valence-corrected chi connectivity index (χ4v) is 1.93. The van der Waals surface area contributed by atoms with Crippen molar-refractivity contribution in [3.63, 3.8) is 0 Å². The first kappa shape index (κ1) is 10.7. The van der Waals surface area contributed by atoms with Crippen LogP contribution in [-0.2, 0) is 0 Å². The maximum atomic E-state index is 9.88. The Hall–Kier alpha value is -1.77. The number of pyridine rings is 1. The molecular weight excluding hydrogens is 202 g/mol. The molecule has 3 nitrogen and oxygen atoms in total. The lowest BCUT2D eigenvalue weighted by Crippen LogP contribution is -2.36. The maximum absolute atomic E-state index is 9.88. The Morgan fingerprint density at radius 2 is 1.88 bits per heavy atom. The van der Waals surface area contributed by atoms with Gasteiger partial charge in [0.2, 0.25) is 5.52 Å². The Balaban J connectivity index is 2.89. The molecule has 1 aromatic carbocycles. The average molecular weight is 218 g/mol. The van der Waals surface area contributed by atoms with Gasteiger partial charge in [-0.1, -0.05) is 0 Å². The Morgan fingerprint density at radius 3 is 2.50 bits per heavy atom. The number of fused-ring (bicyclic) bond motifs is 1. The molecule has 0 saturated heterocycles. The summed E-state index contributed by atoms with van der Waals surface area (Å²) >= 11 is 0. The minimum Gasteiger partial charge on any atom is -0.504 e. The molecule has 2 rings (SSSR count). The molecule has 84 valence electrons. The van der Waals surface area contributed by atoms with E-state index in [4.69, 9.17) is 0 Å². The molecule has 2 N–H and O–H groups in total. The summed E-state index contributed by atoms with van der Waals surface area (Å²) in [5.41, 5.74) is 1.62. The zero-order valence-corrected chi connectivity index (χ0v) is 9.73. The van der Waals surface area contributed by atoms with Crippen LogP contribution in [0.15, 0.2) is 24.4 Å². The number of benzene rings is 1. The zero-order chi connectivity index (χ0) is 11.9. The Morgan fingerprint density at radius 1 is 1.19 bits per heavy atom. The van der Waals surface area contributed by atoms with Crippen molar-refractivity contribution in [2.75, 3.05) is 0 Å². The fourth-order valence-electron chi connectivity index (χ4n) is 1.93. The van der Waals surface area contributed by atoms with Crippen molar-refractivity contribution in [2.24, 2.45) is 0 Å². The van der Waals surface area contributed by atoms with Crippen LogP contribution in [0.25, 0.3) is 10.9 Å². The highest BCUT2D eigenvalue weighted by atomic mass is 16.3. The van der Waals surface area contributed by atoms with Gasteiger partial charge in [0.25, 0.3) is 0 Å². The van der Waals surface area contributed by atoms with Crippen LogP contribution in [0.4, 0.5) is 0 Å². The van der Waals surface area contributed by atoms with Crippen molar-refractivity contribution in [3.05, 3.63) is 30.0 Å². The van der Waals surface area contributed by atoms with Crippen molar-refractivity contribution in [1.82, 2.24) is 0 Å². The second-order valence-corrected chi connectivity index (χ2v) is 4.33. The van der Waals surface area contributed by atoms with Gasteiger partial charge in [0.1, 0.15) is 0 Å². The predicted molar refractivity (Wildman–Crippen MR) is 62.6 cm³/mol. The standard InChI is InChI=1S/C13H15NO2/c1-8(2)14-6-4-5-10-11(14)7-9(3)12(15)13(10)16/h4-8,15H,1-3H3/p+1. The number of hydrogen-bond donors (Lipinski definition) is 2. The minimum atomic E-state index is -0.0370. The van der Waals surface area contributed by atoms with Crippen molar-refractivity contribution in [1.29, 1.82) is 0 Å². The number of aryl methyl sites for hydroxylation is 1. The molecule has 0 unspecified atom stereocenters.